The molecule has 2 aliphatic rings. The van der Waals surface area contributed by atoms with Gasteiger partial charge < -0.3 is 5.32 Å². The molecular formula is C14H22N4. The third kappa shape index (κ3) is 2.21. The average molecular weight is 246 g/mol. The van der Waals surface area contributed by atoms with Crippen LogP contribution in [0.3, 0.4) is 0 Å². The van der Waals surface area contributed by atoms with Crippen molar-refractivity contribution in [3.8, 4) is 0 Å². The molecule has 4 nitrogen and oxygen atoms in total. The molecule has 2 fully saturated rings. The smallest absolute Gasteiger partial charge is 0.148 e. The lowest BCUT2D eigenvalue weighted by Gasteiger charge is -2.32. The maximum atomic E-state index is 4.58. The molecule has 98 valence electrons. The van der Waals surface area contributed by atoms with Crippen molar-refractivity contribution in [3.05, 3.63) is 17.6 Å². The van der Waals surface area contributed by atoms with Crippen LogP contribution in [0.25, 0.3) is 0 Å². The fourth-order valence-corrected chi connectivity index (χ4v) is 3.27. The minimum atomic E-state index is 0.556. The number of hydrogen-bond acceptors (Lipinski definition) is 4. The number of piperidine rings is 1. The van der Waals surface area contributed by atoms with E-state index in [1.54, 1.807) is 0 Å². The monoisotopic (exact) mass is 246 g/mol. The predicted molar refractivity (Wildman–Crippen MR) is 72.7 cm³/mol. The normalized spacial score (nSPS) is 28.1. The van der Waals surface area contributed by atoms with Crippen molar-refractivity contribution in [3.63, 3.8) is 0 Å². The van der Waals surface area contributed by atoms with Gasteiger partial charge in [0, 0.05) is 24.8 Å². The summed E-state index contributed by atoms with van der Waals surface area (Å²) in [6.07, 6.45) is 7.14. The zero-order chi connectivity index (χ0) is 12.5. The summed E-state index contributed by atoms with van der Waals surface area (Å²) in [5, 5.41) is 3.63. The molecule has 2 unspecified atom stereocenters. The molecule has 0 saturated carbocycles. The van der Waals surface area contributed by atoms with E-state index in [0.717, 1.165) is 17.2 Å². The molecule has 3 rings (SSSR count). The molecule has 2 atom stereocenters. The second-order valence-corrected chi connectivity index (χ2v) is 5.58. The van der Waals surface area contributed by atoms with Crippen molar-refractivity contribution in [1.82, 2.24) is 14.9 Å². The zero-order valence-electron chi connectivity index (χ0n) is 11.3. The fourth-order valence-electron chi connectivity index (χ4n) is 3.27. The Hall–Kier alpha value is -1.16. The zero-order valence-corrected chi connectivity index (χ0v) is 11.3. The van der Waals surface area contributed by atoms with Gasteiger partial charge in [-0.05, 0) is 39.7 Å². The highest BCUT2D eigenvalue weighted by molar-refractivity contribution is 5.41. The van der Waals surface area contributed by atoms with Gasteiger partial charge in [-0.2, -0.15) is 0 Å². The molecule has 0 aliphatic carbocycles. The van der Waals surface area contributed by atoms with Gasteiger partial charge >= 0.3 is 0 Å². The average Bonchev–Trinajstić information content (AvgIpc) is 2.78. The Bertz CT molecular complexity index is 432. The van der Waals surface area contributed by atoms with Crippen LogP contribution in [0.15, 0.2) is 6.20 Å². The number of aryl methyl sites for hydroxylation is 2. The highest BCUT2D eigenvalue weighted by Crippen LogP contribution is 2.29. The largest absolute Gasteiger partial charge is 0.364 e. The summed E-state index contributed by atoms with van der Waals surface area (Å²) >= 11 is 0. The Kier molecular flexibility index (Phi) is 3.20. The lowest BCUT2D eigenvalue weighted by atomic mass is 9.99. The number of hydrogen-bond donors (Lipinski definition) is 1. The van der Waals surface area contributed by atoms with Crippen molar-refractivity contribution < 1.29 is 0 Å². The minimum Gasteiger partial charge on any atom is -0.364 e. The molecular weight excluding hydrogens is 224 g/mol. The van der Waals surface area contributed by atoms with Crippen LogP contribution >= 0.6 is 0 Å². The molecule has 2 saturated heterocycles. The molecule has 1 aromatic heterocycles. The quantitative estimate of drug-likeness (QED) is 0.868. The van der Waals surface area contributed by atoms with E-state index in [1.165, 1.54) is 38.8 Å². The number of aromatic nitrogens is 2. The second-order valence-electron chi connectivity index (χ2n) is 5.58. The van der Waals surface area contributed by atoms with Gasteiger partial charge in [0.1, 0.15) is 5.82 Å². The predicted octanol–water partition coefficient (Wildman–Crippen LogP) is 2.13. The molecule has 0 amide bonds. The van der Waals surface area contributed by atoms with E-state index in [4.69, 9.17) is 0 Å². The Morgan fingerprint density at radius 3 is 3.00 bits per heavy atom. The second kappa shape index (κ2) is 4.84. The molecule has 0 aromatic carbocycles. The molecule has 2 aliphatic heterocycles. The fraction of sp³-hybridized carbons (Fsp3) is 0.714. The molecule has 0 spiro atoms. The Morgan fingerprint density at radius 2 is 2.11 bits per heavy atom. The van der Waals surface area contributed by atoms with E-state index in [0.29, 0.717) is 12.1 Å². The van der Waals surface area contributed by atoms with E-state index >= 15 is 0 Å². The Morgan fingerprint density at radius 1 is 1.22 bits per heavy atom. The van der Waals surface area contributed by atoms with E-state index in [1.807, 2.05) is 20.0 Å². The first-order valence-corrected chi connectivity index (χ1v) is 7.05. The van der Waals surface area contributed by atoms with Crippen LogP contribution in [0.2, 0.25) is 0 Å². The van der Waals surface area contributed by atoms with Crippen LogP contribution in [-0.2, 0) is 0 Å². The van der Waals surface area contributed by atoms with Gasteiger partial charge in [-0.3, -0.25) is 9.88 Å². The summed E-state index contributed by atoms with van der Waals surface area (Å²) in [6, 6.07) is 1.26. The van der Waals surface area contributed by atoms with Gasteiger partial charge in [0.25, 0.3) is 0 Å². The molecule has 4 heteroatoms. The summed E-state index contributed by atoms with van der Waals surface area (Å²) in [5.41, 5.74) is 2.00. The topological polar surface area (TPSA) is 41.1 Å². The highest BCUT2D eigenvalue weighted by Gasteiger charge is 2.35. The van der Waals surface area contributed by atoms with Gasteiger partial charge in [0.2, 0.25) is 0 Å². The van der Waals surface area contributed by atoms with Crippen LogP contribution in [-0.4, -0.2) is 40.0 Å². The van der Waals surface area contributed by atoms with Gasteiger partial charge in [0.05, 0.1) is 11.4 Å². The van der Waals surface area contributed by atoms with Gasteiger partial charge in [-0.15, -0.1) is 0 Å². The number of nitrogens with one attached hydrogen (secondary N) is 1. The third-order valence-corrected chi connectivity index (χ3v) is 4.25. The summed E-state index contributed by atoms with van der Waals surface area (Å²) in [6.45, 7) is 6.55. The number of nitrogens with zero attached hydrogens (tertiary/aromatic N) is 3. The van der Waals surface area contributed by atoms with Gasteiger partial charge in [0.15, 0.2) is 0 Å². The van der Waals surface area contributed by atoms with E-state index in [-0.39, 0.29) is 0 Å². The first kappa shape index (κ1) is 11.9. The molecule has 3 heterocycles. The first-order chi connectivity index (χ1) is 8.74. The van der Waals surface area contributed by atoms with Crippen LogP contribution in [0.5, 0.6) is 0 Å². The van der Waals surface area contributed by atoms with Crippen LogP contribution < -0.4 is 5.32 Å². The van der Waals surface area contributed by atoms with Crippen molar-refractivity contribution in [2.24, 2.45) is 0 Å². The summed E-state index contributed by atoms with van der Waals surface area (Å²) < 4.78 is 0. The summed E-state index contributed by atoms with van der Waals surface area (Å²) in [4.78, 5) is 11.6. The summed E-state index contributed by atoms with van der Waals surface area (Å²) in [5.74, 6) is 0.979. The minimum absolute atomic E-state index is 0.556. The Labute approximate surface area is 109 Å². The van der Waals surface area contributed by atoms with Crippen molar-refractivity contribution >= 4 is 5.82 Å². The van der Waals surface area contributed by atoms with Gasteiger partial charge in [-0.1, -0.05) is 6.42 Å². The standard InChI is InChI=1S/C14H22N4/c1-10-9-15-11(2)14(16-10)17-12-6-8-18-7-4-3-5-13(12)18/h9,12-13H,3-8H2,1-2H3,(H,16,17). The van der Waals surface area contributed by atoms with Crippen molar-refractivity contribution in [2.75, 3.05) is 18.4 Å². The first-order valence-electron chi connectivity index (χ1n) is 7.05. The van der Waals surface area contributed by atoms with Gasteiger partial charge in [-0.25, -0.2) is 4.98 Å². The molecule has 1 N–H and O–H groups in total. The SMILES string of the molecule is Cc1cnc(C)c(NC2CCN3CCCCC23)n1. The van der Waals surface area contributed by atoms with E-state index in [2.05, 4.69) is 20.2 Å². The van der Waals surface area contributed by atoms with Crippen molar-refractivity contribution in [1.29, 1.82) is 0 Å². The molecule has 1 aromatic rings. The summed E-state index contributed by atoms with van der Waals surface area (Å²) in [7, 11) is 0. The maximum Gasteiger partial charge on any atom is 0.148 e. The maximum absolute atomic E-state index is 4.58. The van der Waals surface area contributed by atoms with Crippen LogP contribution in [0.1, 0.15) is 37.1 Å². The number of fused-ring (bicyclic) bond motifs is 1. The highest BCUT2D eigenvalue weighted by atomic mass is 15.2. The molecule has 0 bridgehead atoms. The lowest BCUT2D eigenvalue weighted by Crippen LogP contribution is -2.42. The molecule has 18 heavy (non-hydrogen) atoms. The van der Waals surface area contributed by atoms with E-state index in [9.17, 15) is 0 Å². The number of rotatable bonds is 2. The van der Waals surface area contributed by atoms with Crippen LogP contribution in [0.4, 0.5) is 5.82 Å². The Balaban J connectivity index is 1.74. The lowest BCUT2D eigenvalue weighted by molar-refractivity contribution is 0.192. The van der Waals surface area contributed by atoms with Crippen molar-refractivity contribution in [2.45, 2.75) is 51.6 Å². The molecule has 0 radical (unpaired) electrons. The third-order valence-electron chi connectivity index (χ3n) is 4.25. The van der Waals surface area contributed by atoms with E-state index < -0.39 is 0 Å². The van der Waals surface area contributed by atoms with Crippen LogP contribution in [0, 0.1) is 13.8 Å². The number of anilines is 1.